The number of fused-ring (bicyclic) bond motifs is 3. The van der Waals surface area contributed by atoms with Crippen molar-refractivity contribution in [3.8, 4) is 6.07 Å². The highest BCUT2D eigenvalue weighted by atomic mass is 32.2. The molecule has 124 valence electrons. The van der Waals surface area contributed by atoms with Crippen molar-refractivity contribution in [1.82, 2.24) is 4.90 Å². The van der Waals surface area contributed by atoms with E-state index in [1.165, 1.54) is 31.0 Å². The average Bonchev–Trinajstić information content (AvgIpc) is 3.18. The lowest BCUT2D eigenvalue weighted by molar-refractivity contribution is -0.116. The van der Waals surface area contributed by atoms with Crippen LogP contribution in [0.4, 0.5) is 0 Å². The highest BCUT2D eigenvalue weighted by molar-refractivity contribution is 8.15. The smallest absolute Gasteiger partial charge is 0.262 e. The van der Waals surface area contributed by atoms with Gasteiger partial charge in [-0.1, -0.05) is 18.2 Å². The van der Waals surface area contributed by atoms with Gasteiger partial charge in [0.25, 0.3) is 5.91 Å². The Bertz CT molecular complexity index is 712. The number of carbonyl (C=O) groups is 1. The molecule has 0 aromatic heterocycles. The second kappa shape index (κ2) is 5.49. The molecule has 4 aliphatic rings. The highest BCUT2D eigenvalue weighted by Gasteiger charge is 2.54. The second-order valence-electron chi connectivity index (χ2n) is 7.07. The van der Waals surface area contributed by atoms with Crippen LogP contribution >= 0.6 is 11.8 Å². The molecule has 0 radical (unpaired) electrons. The van der Waals surface area contributed by atoms with Gasteiger partial charge >= 0.3 is 0 Å². The third-order valence-corrected chi connectivity index (χ3v) is 8.84. The third-order valence-electron chi connectivity index (χ3n) is 5.62. The maximum absolute atomic E-state index is 12.0. The van der Waals surface area contributed by atoms with Gasteiger partial charge in [0.2, 0.25) is 0 Å². The van der Waals surface area contributed by atoms with E-state index in [1.54, 1.807) is 0 Å². The van der Waals surface area contributed by atoms with Gasteiger partial charge in [0.05, 0.1) is 23.6 Å². The van der Waals surface area contributed by atoms with Crippen LogP contribution < -0.4 is 0 Å². The fraction of sp³-hybridized carbons (Fsp3) is 0.800. The molecule has 8 heteroatoms. The van der Waals surface area contributed by atoms with Crippen LogP contribution in [0.1, 0.15) is 32.1 Å². The van der Waals surface area contributed by atoms with E-state index in [1.807, 2.05) is 6.07 Å². The molecule has 23 heavy (non-hydrogen) atoms. The zero-order valence-electron chi connectivity index (χ0n) is 12.7. The van der Waals surface area contributed by atoms with Crippen LogP contribution in [-0.2, 0) is 14.6 Å². The van der Waals surface area contributed by atoms with Crippen LogP contribution in [0.15, 0.2) is 4.99 Å². The van der Waals surface area contributed by atoms with Crippen LogP contribution in [-0.4, -0.2) is 53.2 Å². The summed E-state index contributed by atoms with van der Waals surface area (Å²) in [6.07, 6.45) is 4.55. The first kappa shape index (κ1) is 15.5. The van der Waals surface area contributed by atoms with Crippen LogP contribution in [0.3, 0.4) is 0 Å². The van der Waals surface area contributed by atoms with Crippen molar-refractivity contribution in [3.63, 3.8) is 0 Å². The van der Waals surface area contributed by atoms with Gasteiger partial charge in [-0.3, -0.25) is 4.79 Å². The van der Waals surface area contributed by atoms with Crippen molar-refractivity contribution < 1.29 is 13.2 Å². The van der Waals surface area contributed by atoms with Gasteiger partial charge in [-0.05, 0) is 31.1 Å². The van der Waals surface area contributed by atoms with Crippen molar-refractivity contribution in [2.75, 3.05) is 11.5 Å². The molecule has 2 aliphatic heterocycles. The Morgan fingerprint density at radius 2 is 2.13 bits per heavy atom. The Hall–Kier alpha value is -1.07. The number of amides is 1. The molecule has 4 rings (SSSR count). The number of nitriles is 1. The molecule has 1 amide bonds. The van der Waals surface area contributed by atoms with E-state index >= 15 is 0 Å². The van der Waals surface area contributed by atoms with E-state index in [-0.39, 0.29) is 29.2 Å². The van der Waals surface area contributed by atoms with E-state index in [4.69, 9.17) is 5.26 Å². The van der Waals surface area contributed by atoms with Gasteiger partial charge in [-0.25, -0.2) is 8.42 Å². The highest BCUT2D eigenvalue weighted by Crippen LogP contribution is 2.51. The molecule has 0 aromatic rings. The summed E-state index contributed by atoms with van der Waals surface area (Å²) in [6, 6.07) is 2.10. The molecule has 2 saturated carbocycles. The van der Waals surface area contributed by atoms with Crippen LogP contribution in [0.2, 0.25) is 0 Å². The van der Waals surface area contributed by atoms with Crippen LogP contribution in [0, 0.1) is 23.2 Å². The number of amidine groups is 1. The standard InChI is InChI=1S/C15H19N3O3S2/c16-4-3-14(19)17-15-18(11-6-9-1-2-10(11)5-9)12-7-23(20,21)8-13(12)22-15/h9-13H,1-3,5-8H2. The molecule has 2 saturated heterocycles. The van der Waals surface area contributed by atoms with E-state index in [9.17, 15) is 13.2 Å². The summed E-state index contributed by atoms with van der Waals surface area (Å²) in [7, 11) is -3.00. The molecule has 2 bridgehead atoms. The number of carbonyl (C=O) groups excluding carboxylic acids is 1. The maximum atomic E-state index is 12.0. The molecule has 5 atom stereocenters. The van der Waals surface area contributed by atoms with Gasteiger partial charge < -0.3 is 4.90 Å². The van der Waals surface area contributed by atoms with E-state index < -0.39 is 15.7 Å². The zero-order chi connectivity index (χ0) is 16.2. The van der Waals surface area contributed by atoms with Crippen LogP contribution in [0.5, 0.6) is 0 Å². The first-order valence-electron chi connectivity index (χ1n) is 8.11. The largest absolute Gasteiger partial charge is 0.343 e. The van der Waals surface area contributed by atoms with Crippen molar-refractivity contribution in [2.45, 2.75) is 49.4 Å². The van der Waals surface area contributed by atoms with E-state index in [0.717, 1.165) is 12.3 Å². The van der Waals surface area contributed by atoms with E-state index in [0.29, 0.717) is 17.1 Å². The van der Waals surface area contributed by atoms with E-state index in [2.05, 4.69) is 9.89 Å². The number of hydrogen-bond acceptors (Lipinski definition) is 5. The summed E-state index contributed by atoms with van der Waals surface area (Å²) < 4.78 is 24.0. The predicted molar refractivity (Wildman–Crippen MR) is 87.6 cm³/mol. The molecule has 2 aliphatic carbocycles. The monoisotopic (exact) mass is 353 g/mol. The minimum absolute atomic E-state index is 0.0206. The lowest BCUT2D eigenvalue weighted by atomic mass is 9.93. The van der Waals surface area contributed by atoms with Crippen molar-refractivity contribution in [1.29, 1.82) is 5.26 Å². The number of sulfone groups is 1. The third kappa shape index (κ3) is 2.68. The van der Waals surface area contributed by atoms with Gasteiger partial charge in [0, 0.05) is 11.3 Å². The minimum Gasteiger partial charge on any atom is -0.343 e. The van der Waals surface area contributed by atoms with Gasteiger partial charge in [0.15, 0.2) is 15.0 Å². The lowest BCUT2D eigenvalue weighted by Crippen LogP contribution is -2.47. The topological polar surface area (TPSA) is 90.6 Å². The van der Waals surface area contributed by atoms with Gasteiger partial charge in [-0.2, -0.15) is 10.3 Å². The van der Waals surface area contributed by atoms with Crippen molar-refractivity contribution in [2.24, 2.45) is 16.8 Å². The zero-order valence-corrected chi connectivity index (χ0v) is 14.4. The fourth-order valence-corrected chi connectivity index (χ4v) is 8.73. The SMILES string of the molecule is N#CCC(=O)N=C1SC2CS(=O)(=O)CC2N1C1CC2CCC1C2. The fourth-order valence-electron chi connectivity index (χ4n) is 4.74. The number of hydrogen-bond donors (Lipinski definition) is 0. The average molecular weight is 353 g/mol. The first-order valence-corrected chi connectivity index (χ1v) is 10.8. The molecular weight excluding hydrogens is 334 g/mol. The predicted octanol–water partition coefficient (Wildman–Crippen LogP) is 1.19. The van der Waals surface area contributed by atoms with Gasteiger partial charge in [-0.15, -0.1) is 0 Å². The quantitative estimate of drug-likeness (QED) is 0.740. The molecule has 2 heterocycles. The number of rotatable bonds is 2. The molecule has 5 unspecified atom stereocenters. The molecular formula is C15H19N3O3S2. The maximum Gasteiger partial charge on any atom is 0.262 e. The first-order chi connectivity index (χ1) is 11.0. The molecule has 4 fully saturated rings. The Balaban J connectivity index is 1.64. The Labute approximate surface area is 140 Å². The van der Waals surface area contributed by atoms with Crippen molar-refractivity contribution >= 4 is 32.7 Å². The Morgan fingerprint density at radius 1 is 1.30 bits per heavy atom. The summed E-state index contributed by atoms with van der Waals surface area (Å²) >= 11 is 1.43. The molecule has 0 aromatic carbocycles. The number of aliphatic imine (C=N–C) groups is 1. The van der Waals surface area contributed by atoms with Gasteiger partial charge in [0.1, 0.15) is 6.42 Å². The molecule has 0 N–H and O–H groups in total. The summed E-state index contributed by atoms with van der Waals surface area (Å²) in [5, 5.41) is 9.30. The Morgan fingerprint density at radius 3 is 2.78 bits per heavy atom. The van der Waals surface area contributed by atoms with Crippen molar-refractivity contribution in [3.05, 3.63) is 0 Å². The number of thioether (sulfide) groups is 1. The summed E-state index contributed by atoms with van der Waals surface area (Å²) in [5.74, 6) is 1.25. The molecule has 0 spiro atoms. The summed E-state index contributed by atoms with van der Waals surface area (Å²) in [5.41, 5.74) is 0. The lowest BCUT2D eigenvalue weighted by Gasteiger charge is -2.36. The summed E-state index contributed by atoms with van der Waals surface area (Å²) in [4.78, 5) is 18.1. The second-order valence-corrected chi connectivity index (χ2v) is 10.4. The molecule has 6 nitrogen and oxygen atoms in total. The van der Waals surface area contributed by atoms with Crippen LogP contribution in [0.25, 0.3) is 0 Å². The summed E-state index contributed by atoms with van der Waals surface area (Å²) in [6.45, 7) is 0. The Kier molecular flexibility index (Phi) is 3.69. The normalized spacial score (nSPS) is 42.1. The minimum atomic E-state index is -3.00. The number of nitrogens with zero attached hydrogens (tertiary/aromatic N) is 3.